The quantitative estimate of drug-likeness (QED) is 0.701. The van der Waals surface area contributed by atoms with Crippen LogP contribution >= 0.6 is 0 Å². The van der Waals surface area contributed by atoms with Crippen molar-refractivity contribution in [3.05, 3.63) is 34.9 Å². The van der Waals surface area contributed by atoms with Crippen LogP contribution in [0.3, 0.4) is 0 Å². The third kappa shape index (κ3) is 6.56. The second-order valence-corrected chi connectivity index (χ2v) is 6.06. The second-order valence-electron chi connectivity index (χ2n) is 6.06. The van der Waals surface area contributed by atoms with Gasteiger partial charge in [0.2, 0.25) is 0 Å². The number of nitrogens with two attached hydrogens (primary N) is 1. The maximum Gasteiger partial charge on any atom is 0.416 e. The first-order valence-corrected chi connectivity index (χ1v) is 7.55. The summed E-state index contributed by atoms with van der Waals surface area (Å²) in [5.74, 6) is -2.08. The van der Waals surface area contributed by atoms with Gasteiger partial charge in [0.15, 0.2) is 0 Å². The minimum atomic E-state index is -4.88. The Morgan fingerprint density at radius 2 is 1.56 bits per heavy atom. The van der Waals surface area contributed by atoms with Crippen LogP contribution in [-0.2, 0) is 23.6 Å². The molecule has 0 aliphatic heterocycles. The van der Waals surface area contributed by atoms with E-state index in [4.69, 9.17) is 10.8 Å². The summed E-state index contributed by atoms with van der Waals surface area (Å²) in [6, 6.07) is 1.47. The maximum absolute atomic E-state index is 12.8. The molecule has 0 heterocycles. The van der Waals surface area contributed by atoms with Gasteiger partial charge in [-0.3, -0.25) is 4.79 Å². The van der Waals surface area contributed by atoms with Crippen LogP contribution in [0.2, 0.25) is 0 Å². The highest BCUT2D eigenvalue weighted by molar-refractivity contribution is 5.70. The molecule has 0 bridgehead atoms. The number of aliphatic carboxylic acids is 1. The molecule has 1 aromatic rings. The first kappa shape index (κ1) is 21.3. The van der Waals surface area contributed by atoms with Crippen molar-refractivity contribution < 1.29 is 36.2 Å². The predicted molar refractivity (Wildman–Crippen MR) is 78.7 cm³/mol. The molecule has 1 aromatic carbocycles. The lowest BCUT2D eigenvalue weighted by molar-refractivity contribution is -0.144. The zero-order valence-corrected chi connectivity index (χ0v) is 13.4. The molecular formula is C16H19F6NO2. The number of alkyl halides is 6. The Hall–Kier alpha value is -1.77. The number of hydrogen-bond donors (Lipinski definition) is 2. The molecule has 2 atom stereocenters. The van der Waals surface area contributed by atoms with Gasteiger partial charge in [0.25, 0.3) is 0 Å². The molecule has 1 rings (SSSR count). The summed E-state index contributed by atoms with van der Waals surface area (Å²) in [5, 5.41) is 8.93. The van der Waals surface area contributed by atoms with Crippen molar-refractivity contribution in [3.8, 4) is 0 Å². The van der Waals surface area contributed by atoms with Gasteiger partial charge in [0.05, 0.1) is 17.0 Å². The molecule has 9 heteroatoms. The molecule has 0 radical (unpaired) electrons. The minimum Gasteiger partial charge on any atom is -0.481 e. The van der Waals surface area contributed by atoms with Gasteiger partial charge in [0.1, 0.15) is 0 Å². The number of aryl methyl sites for hydroxylation is 1. The Bertz CT molecular complexity index is 565. The van der Waals surface area contributed by atoms with Crippen LogP contribution < -0.4 is 5.73 Å². The molecule has 0 aromatic heterocycles. The van der Waals surface area contributed by atoms with E-state index >= 15 is 0 Å². The molecular weight excluding hydrogens is 352 g/mol. The number of hydrogen-bond acceptors (Lipinski definition) is 2. The fourth-order valence-electron chi connectivity index (χ4n) is 2.48. The van der Waals surface area contributed by atoms with Gasteiger partial charge < -0.3 is 10.8 Å². The maximum atomic E-state index is 12.8. The van der Waals surface area contributed by atoms with Crippen LogP contribution in [-0.4, -0.2) is 17.6 Å². The fraction of sp³-hybridized carbons (Fsp3) is 0.562. The summed E-state index contributed by atoms with van der Waals surface area (Å²) < 4.78 is 76.8. The lowest BCUT2D eigenvalue weighted by atomic mass is 9.90. The number of carbonyl (C=O) groups is 1. The van der Waals surface area contributed by atoms with Gasteiger partial charge in [-0.25, -0.2) is 0 Å². The zero-order valence-electron chi connectivity index (χ0n) is 13.4. The third-order valence-electron chi connectivity index (χ3n) is 3.89. The van der Waals surface area contributed by atoms with Gasteiger partial charge in [0, 0.05) is 6.54 Å². The van der Waals surface area contributed by atoms with E-state index in [1.165, 1.54) is 0 Å². The standard InChI is InChI=1S/C16H19F6NO2/c1-9(4-11(8-23)14(24)25)2-3-10-5-12(15(17,18)19)7-13(6-10)16(20,21)22/h5-7,9,11H,2-4,8,23H2,1H3,(H,24,25). The molecule has 0 amide bonds. The molecule has 0 fully saturated rings. The second kappa shape index (κ2) is 8.07. The summed E-state index contributed by atoms with van der Waals surface area (Å²) >= 11 is 0. The largest absolute Gasteiger partial charge is 0.481 e. The summed E-state index contributed by atoms with van der Waals surface area (Å²) in [6.45, 7) is 1.60. The molecule has 0 aliphatic rings. The molecule has 0 saturated heterocycles. The average molecular weight is 371 g/mol. The SMILES string of the molecule is CC(CCc1cc(C(F)(F)F)cc(C(F)(F)F)c1)CC(CN)C(=O)O. The summed E-state index contributed by atoms with van der Waals surface area (Å²) in [7, 11) is 0. The van der Waals surface area contributed by atoms with Crippen molar-refractivity contribution in [2.75, 3.05) is 6.54 Å². The summed E-state index contributed by atoms with van der Waals surface area (Å²) in [6.07, 6.45) is -9.32. The van der Waals surface area contributed by atoms with Gasteiger partial charge in [-0.1, -0.05) is 6.92 Å². The molecule has 3 N–H and O–H groups in total. The van der Waals surface area contributed by atoms with Crippen LogP contribution in [0, 0.1) is 11.8 Å². The Balaban J connectivity index is 2.92. The highest BCUT2D eigenvalue weighted by Crippen LogP contribution is 2.36. The van der Waals surface area contributed by atoms with Gasteiger partial charge in [-0.2, -0.15) is 26.3 Å². The van der Waals surface area contributed by atoms with Crippen LogP contribution in [0.1, 0.15) is 36.5 Å². The van der Waals surface area contributed by atoms with Gasteiger partial charge in [-0.05, 0) is 48.9 Å². The van der Waals surface area contributed by atoms with Crippen LogP contribution in [0.5, 0.6) is 0 Å². The number of carboxylic acids is 1. The van der Waals surface area contributed by atoms with E-state index in [1.54, 1.807) is 6.92 Å². The van der Waals surface area contributed by atoms with E-state index < -0.39 is 35.4 Å². The zero-order chi connectivity index (χ0) is 19.4. The van der Waals surface area contributed by atoms with Crippen molar-refractivity contribution in [2.45, 2.75) is 38.5 Å². The summed E-state index contributed by atoms with van der Waals surface area (Å²) in [4.78, 5) is 10.9. The van der Waals surface area contributed by atoms with E-state index in [9.17, 15) is 31.1 Å². The lowest BCUT2D eigenvalue weighted by Crippen LogP contribution is -2.25. The molecule has 2 unspecified atom stereocenters. The first-order valence-electron chi connectivity index (χ1n) is 7.55. The molecule has 3 nitrogen and oxygen atoms in total. The Morgan fingerprint density at radius 3 is 1.92 bits per heavy atom. The van der Waals surface area contributed by atoms with Crippen LogP contribution in [0.4, 0.5) is 26.3 Å². The lowest BCUT2D eigenvalue weighted by Gasteiger charge is -2.17. The molecule has 0 saturated carbocycles. The topological polar surface area (TPSA) is 63.3 Å². The molecule has 0 spiro atoms. The van der Waals surface area contributed by atoms with Crippen LogP contribution in [0.15, 0.2) is 18.2 Å². The predicted octanol–water partition coefficient (Wildman–Crippen LogP) is 4.34. The number of rotatable bonds is 7. The van der Waals surface area contributed by atoms with E-state index in [1.807, 2.05) is 0 Å². The van der Waals surface area contributed by atoms with Crippen molar-refractivity contribution in [2.24, 2.45) is 17.6 Å². The molecule has 142 valence electrons. The van der Waals surface area contributed by atoms with Crippen molar-refractivity contribution >= 4 is 5.97 Å². The molecule has 25 heavy (non-hydrogen) atoms. The third-order valence-corrected chi connectivity index (χ3v) is 3.89. The average Bonchev–Trinajstić information content (AvgIpc) is 2.48. The normalized spacial score (nSPS) is 15.0. The van der Waals surface area contributed by atoms with Crippen LogP contribution in [0.25, 0.3) is 0 Å². The summed E-state index contributed by atoms with van der Waals surface area (Å²) in [5.41, 5.74) is 2.54. The van der Waals surface area contributed by atoms with E-state index in [-0.39, 0.29) is 43.4 Å². The first-order chi connectivity index (χ1) is 11.3. The Labute approximate surface area is 140 Å². The van der Waals surface area contributed by atoms with Crippen molar-refractivity contribution in [1.29, 1.82) is 0 Å². The van der Waals surface area contributed by atoms with E-state index in [0.717, 1.165) is 0 Å². The number of carboxylic acid groups (broad SMARTS) is 1. The van der Waals surface area contributed by atoms with Crippen molar-refractivity contribution in [3.63, 3.8) is 0 Å². The van der Waals surface area contributed by atoms with Gasteiger partial charge in [-0.15, -0.1) is 0 Å². The monoisotopic (exact) mass is 371 g/mol. The fourth-order valence-corrected chi connectivity index (χ4v) is 2.48. The number of halogens is 6. The Morgan fingerprint density at radius 1 is 1.08 bits per heavy atom. The molecule has 0 aliphatic carbocycles. The minimum absolute atomic E-state index is 0.0227. The smallest absolute Gasteiger partial charge is 0.416 e. The van der Waals surface area contributed by atoms with E-state index in [0.29, 0.717) is 12.1 Å². The van der Waals surface area contributed by atoms with E-state index in [2.05, 4.69) is 0 Å². The van der Waals surface area contributed by atoms with Crippen molar-refractivity contribution in [1.82, 2.24) is 0 Å². The van der Waals surface area contributed by atoms with Gasteiger partial charge >= 0.3 is 18.3 Å². The number of benzene rings is 1. The Kier molecular flexibility index (Phi) is 6.87. The highest BCUT2D eigenvalue weighted by Gasteiger charge is 2.36. The highest BCUT2D eigenvalue weighted by atomic mass is 19.4.